The number of nitrogens with one attached hydrogen (secondary N) is 2. The maximum atomic E-state index is 13.4. The Labute approximate surface area is 208 Å². The van der Waals surface area contributed by atoms with Crippen LogP contribution >= 0.6 is 11.6 Å². The van der Waals surface area contributed by atoms with Crippen molar-refractivity contribution in [3.8, 4) is 0 Å². The second-order valence-electron chi connectivity index (χ2n) is 9.79. The Balaban J connectivity index is 1.11. The molecular weight excluding hydrogens is 462 g/mol. The fourth-order valence-electron chi connectivity index (χ4n) is 5.98. The minimum atomic E-state index is -0.0291. The van der Waals surface area contributed by atoms with E-state index in [9.17, 15) is 9.59 Å². The van der Waals surface area contributed by atoms with Crippen LogP contribution in [0.2, 0.25) is 5.02 Å². The lowest BCUT2D eigenvalue weighted by Gasteiger charge is -2.33. The summed E-state index contributed by atoms with van der Waals surface area (Å²) < 4.78 is 1.76. The number of amides is 2. The van der Waals surface area contributed by atoms with Gasteiger partial charge in [0.15, 0.2) is 5.65 Å². The lowest BCUT2D eigenvalue weighted by atomic mass is 9.78. The number of aromatic amines is 1. The summed E-state index contributed by atoms with van der Waals surface area (Å²) in [4.78, 5) is 35.8. The number of aromatic nitrogens is 3. The number of imidazole rings is 1. The molecular formula is C27H28ClN5O2. The summed E-state index contributed by atoms with van der Waals surface area (Å²) in [6, 6.07) is 11.9. The molecule has 2 aliphatic rings. The minimum absolute atomic E-state index is 0.0291. The Kier molecular flexibility index (Phi) is 5.72. The van der Waals surface area contributed by atoms with Crippen LogP contribution in [-0.4, -0.2) is 50.2 Å². The van der Waals surface area contributed by atoms with E-state index in [1.807, 2.05) is 35.5 Å². The van der Waals surface area contributed by atoms with Crippen molar-refractivity contribution in [1.82, 2.24) is 24.6 Å². The van der Waals surface area contributed by atoms with Crippen molar-refractivity contribution in [3.05, 3.63) is 71.3 Å². The van der Waals surface area contributed by atoms with Crippen LogP contribution < -0.4 is 5.32 Å². The molecule has 1 aromatic carbocycles. The van der Waals surface area contributed by atoms with E-state index in [2.05, 4.69) is 27.4 Å². The molecule has 4 aromatic rings. The number of aryl methyl sites for hydroxylation is 1. The zero-order valence-corrected chi connectivity index (χ0v) is 20.2. The zero-order valence-electron chi connectivity index (χ0n) is 19.4. The van der Waals surface area contributed by atoms with Crippen LogP contribution in [0.1, 0.15) is 41.7 Å². The molecule has 8 heteroatoms. The molecule has 0 bridgehead atoms. The first-order valence-corrected chi connectivity index (χ1v) is 12.7. The van der Waals surface area contributed by atoms with Gasteiger partial charge in [-0.05, 0) is 48.9 Å². The number of benzene rings is 1. The predicted molar refractivity (Wildman–Crippen MR) is 135 cm³/mol. The standard InChI is InChI=1S/C27H28ClN5O2/c28-21-7-4-12-33-24(14-30-26(21)33)27(35)32-15-18-5-3-9-23(20(18)16-32)31-25(34)11-10-17-13-29-22-8-2-1-6-19(17)22/h1-2,4,6-8,12-14,18,20,23,29H,3,5,9-11,15-16H2,(H,31,34)/t18-,20+,23-/m1/s1. The number of hydrogen-bond acceptors (Lipinski definition) is 3. The molecule has 1 saturated heterocycles. The number of carbonyl (C=O) groups is 2. The van der Waals surface area contributed by atoms with Gasteiger partial charge in [-0.1, -0.05) is 36.2 Å². The average molecular weight is 490 g/mol. The topological polar surface area (TPSA) is 82.5 Å². The fourth-order valence-corrected chi connectivity index (χ4v) is 6.19. The SMILES string of the molecule is O=C(CCc1c[nH]c2ccccc12)N[C@@H]1CCC[C@@H]2CN(C(=O)c3cnc4c(Cl)cccn34)C[C@@H]21. The largest absolute Gasteiger partial charge is 0.361 e. The van der Waals surface area contributed by atoms with E-state index in [0.29, 0.717) is 41.7 Å². The van der Waals surface area contributed by atoms with Crippen molar-refractivity contribution in [1.29, 1.82) is 0 Å². The third kappa shape index (κ3) is 4.08. The first-order chi connectivity index (χ1) is 17.1. The predicted octanol–water partition coefficient (Wildman–Crippen LogP) is 4.46. The molecule has 3 aromatic heterocycles. The number of halogens is 1. The van der Waals surface area contributed by atoms with Gasteiger partial charge >= 0.3 is 0 Å². The van der Waals surface area contributed by atoms with Crippen molar-refractivity contribution < 1.29 is 9.59 Å². The molecule has 2 amide bonds. The number of nitrogens with zero attached hydrogens (tertiary/aromatic N) is 3. The van der Waals surface area contributed by atoms with Gasteiger partial charge < -0.3 is 15.2 Å². The Morgan fingerprint density at radius 2 is 2.03 bits per heavy atom. The summed E-state index contributed by atoms with van der Waals surface area (Å²) in [5, 5.41) is 5.01. The number of rotatable bonds is 5. The number of carbonyl (C=O) groups excluding carboxylic acids is 2. The number of para-hydroxylation sites is 1. The molecule has 0 spiro atoms. The highest BCUT2D eigenvalue weighted by Crippen LogP contribution is 2.37. The molecule has 2 fully saturated rings. The Morgan fingerprint density at radius 3 is 2.94 bits per heavy atom. The number of likely N-dealkylation sites (tertiary alicyclic amines) is 1. The molecule has 0 unspecified atom stereocenters. The van der Waals surface area contributed by atoms with Crippen LogP contribution in [0.4, 0.5) is 0 Å². The first-order valence-electron chi connectivity index (χ1n) is 12.3. The molecule has 6 rings (SSSR count). The van der Waals surface area contributed by atoms with Gasteiger partial charge in [-0.3, -0.25) is 14.0 Å². The van der Waals surface area contributed by atoms with E-state index in [-0.39, 0.29) is 23.8 Å². The summed E-state index contributed by atoms with van der Waals surface area (Å²) in [6.07, 6.45) is 9.72. The summed E-state index contributed by atoms with van der Waals surface area (Å²) in [5.41, 5.74) is 3.39. The quantitative estimate of drug-likeness (QED) is 0.434. The van der Waals surface area contributed by atoms with Crippen molar-refractivity contribution >= 4 is 40.0 Å². The number of pyridine rings is 1. The normalized spacial score (nSPS) is 22.0. The number of hydrogen-bond donors (Lipinski definition) is 2. The second kappa shape index (κ2) is 9.04. The molecule has 0 radical (unpaired) electrons. The molecule has 2 N–H and O–H groups in total. The van der Waals surface area contributed by atoms with E-state index in [1.54, 1.807) is 16.7 Å². The maximum absolute atomic E-state index is 13.4. The Hall–Kier alpha value is -3.32. The van der Waals surface area contributed by atoms with Crippen molar-refractivity contribution in [2.45, 2.75) is 38.1 Å². The number of H-pyrrole nitrogens is 1. The molecule has 7 nitrogen and oxygen atoms in total. The molecule has 1 aliphatic carbocycles. The third-order valence-corrected chi connectivity index (χ3v) is 8.03. The van der Waals surface area contributed by atoms with Gasteiger partial charge in [-0.25, -0.2) is 4.98 Å². The van der Waals surface area contributed by atoms with E-state index in [0.717, 1.165) is 31.3 Å². The second-order valence-corrected chi connectivity index (χ2v) is 10.2. The van der Waals surface area contributed by atoms with Crippen LogP contribution in [0, 0.1) is 11.8 Å². The highest BCUT2D eigenvalue weighted by atomic mass is 35.5. The molecule has 1 aliphatic heterocycles. The highest BCUT2D eigenvalue weighted by Gasteiger charge is 2.42. The molecule has 3 atom stereocenters. The summed E-state index contributed by atoms with van der Waals surface area (Å²) in [7, 11) is 0. The van der Waals surface area contributed by atoms with Crippen molar-refractivity contribution in [3.63, 3.8) is 0 Å². The lowest BCUT2D eigenvalue weighted by Crippen LogP contribution is -2.45. The van der Waals surface area contributed by atoms with Gasteiger partial charge in [-0.15, -0.1) is 0 Å². The molecule has 35 heavy (non-hydrogen) atoms. The molecule has 1 saturated carbocycles. The minimum Gasteiger partial charge on any atom is -0.361 e. The fraction of sp³-hybridized carbons (Fsp3) is 0.370. The Morgan fingerprint density at radius 1 is 1.14 bits per heavy atom. The maximum Gasteiger partial charge on any atom is 0.272 e. The van der Waals surface area contributed by atoms with Gasteiger partial charge in [0, 0.05) is 54.8 Å². The Bertz CT molecular complexity index is 1410. The summed E-state index contributed by atoms with van der Waals surface area (Å²) >= 11 is 6.24. The third-order valence-electron chi connectivity index (χ3n) is 7.74. The average Bonchev–Trinajstić information content (AvgIpc) is 3.60. The van der Waals surface area contributed by atoms with Crippen LogP contribution in [0.5, 0.6) is 0 Å². The van der Waals surface area contributed by atoms with Crippen molar-refractivity contribution in [2.24, 2.45) is 11.8 Å². The van der Waals surface area contributed by atoms with Gasteiger partial charge in [0.2, 0.25) is 5.91 Å². The lowest BCUT2D eigenvalue weighted by molar-refractivity contribution is -0.122. The number of fused-ring (bicyclic) bond motifs is 3. The van der Waals surface area contributed by atoms with Crippen LogP contribution in [0.25, 0.3) is 16.6 Å². The van der Waals surface area contributed by atoms with E-state index in [1.165, 1.54) is 10.9 Å². The monoisotopic (exact) mass is 489 g/mol. The van der Waals surface area contributed by atoms with Gasteiger partial charge in [0.1, 0.15) is 5.69 Å². The van der Waals surface area contributed by atoms with Crippen LogP contribution in [0.15, 0.2) is 55.0 Å². The first kappa shape index (κ1) is 22.2. The summed E-state index contributed by atoms with van der Waals surface area (Å²) in [5.74, 6) is 0.752. The van der Waals surface area contributed by atoms with E-state index >= 15 is 0 Å². The van der Waals surface area contributed by atoms with Gasteiger partial charge in [0.05, 0.1) is 11.2 Å². The van der Waals surface area contributed by atoms with Gasteiger partial charge in [-0.2, -0.15) is 0 Å². The summed E-state index contributed by atoms with van der Waals surface area (Å²) in [6.45, 7) is 1.38. The van der Waals surface area contributed by atoms with Crippen LogP contribution in [-0.2, 0) is 11.2 Å². The van der Waals surface area contributed by atoms with Crippen LogP contribution in [0.3, 0.4) is 0 Å². The molecule has 180 valence electrons. The van der Waals surface area contributed by atoms with E-state index in [4.69, 9.17) is 11.6 Å². The zero-order chi connectivity index (χ0) is 23.9. The smallest absolute Gasteiger partial charge is 0.272 e. The van der Waals surface area contributed by atoms with Crippen molar-refractivity contribution in [2.75, 3.05) is 13.1 Å². The van der Waals surface area contributed by atoms with Gasteiger partial charge in [0.25, 0.3) is 5.91 Å². The van der Waals surface area contributed by atoms with E-state index < -0.39 is 0 Å². The molecule has 4 heterocycles. The highest BCUT2D eigenvalue weighted by molar-refractivity contribution is 6.33.